The first-order valence-electron chi connectivity index (χ1n) is 4.78. The molecule has 1 fully saturated rings. The van der Waals surface area contributed by atoms with Crippen molar-refractivity contribution in [2.75, 3.05) is 5.32 Å². The monoisotopic (exact) mass is 222 g/mol. The average molecular weight is 223 g/mol. The molecule has 0 saturated heterocycles. The van der Waals surface area contributed by atoms with Gasteiger partial charge in [-0.25, -0.2) is 0 Å². The van der Waals surface area contributed by atoms with Crippen molar-refractivity contribution in [2.45, 2.75) is 19.1 Å². The maximum atomic E-state index is 9.80. The Bertz CT molecular complexity index is 392. The van der Waals surface area contributed by atoms with Gasteiger partial charge in [0.05, 0.1) is 6.07 Å². The van der Waals surface area contributed by atoms with Gasteiger partial charge in [0, 0.05) is 10.7 Å². The predicted octanol–water partition coefficient (Wildman–Crippen LogP) is 2.37. The number of hydrogen-bond donors (Lipinski definition) is 2. The van der Waals surface area contributed by atoms with E-state index in [-0.39, 0.29) is 0 Å². The molecule has 3 nitrogen and oxygen atoms in total. The summed E-state index contributed by atoms with van der Waals surface area (Å²) in [5, 5.41) is 22.2. The molecule has 0 heterocycles. The van der Waals surface area contributed by atoms with Crippen LogP contribution >= 0.6 is 11.6 Å². The van der Waals surface area contributed by atoms with Gasteiger partial charge >= 0.3 is 0 Å². The van der Waals surface area contributed by atoms with Crippen LogP contribution in [0.1, 0.15) is 12.8 Å². The number of rotatable bonds is 3. The lowest BCUT2D eigenvalue weighted by Crippen LogP contribution is -2.29. The van der Waals surface area contributed by atoms with Crippen LogP contribution in [0, 0.1) is 16.7 Å². The Balaban J connectivity index is 2.04. The van der Waals surface area contributed by atoms with Crippen LogP contribution in [0.2, 0.25) is 5.02 Å². The molecule has 0 aliphatic heterocycles. The van der Waals surface area contributed by atoms with E-state index < -0.39 is 11.6 Å². The summed E-state index contributed by atoms with van der Waals surface area (Å²) in [5.41, 5.74) is 0.188. The minimum Gasteiger partial charge on any atom is -0.372 e. The Morgan fingerprint density at radius 1 is 1.40 bits per heavy atom. The van der Waals surface area contributed by atoms with Gasteiger partial charge in [0.15, 0.2) is 0 Å². The molecule has 0 amide bonds. The second-order valence-electron chi connectivity index (χ2n) is 3.82. The molecule has 1 aliphatic carbocycles. The fourth-order valence-corrected chi connectivity index (χ4v) is 1.55. The highest BCUT2D eigenvalue weighted by molar-refractivity contribution is 6.30. The van der Waals surface area contributed by atoms with E-state index in [0.29, 0.717) is 5.02 Å². The molecule has 1 atom stereocenters. The van der Waals surface area contributed by atoms with Crippen LogP contribution in [-0.4, -0.2) is 11.3 Å². The van der Waals surface area contributed by atoms with Crippen molar-refractivity contribution in [3.63, 3.8) is 0 Å². The summed E-state index contributed by atoms with van der Waals surface area (Å²) in [6.45, 7) is 0. The van der Waals surface area contributed by atoms with Gasteiger partial charge in [-0.15, -0.1) is 0 Å². The number of aliphatic hydroxyl groups is 1. The minimum atomic E-state index is -0.802. The fraction of sp³-hybridized carbons (Fsp3) is 0.364. The molecule has 4 heteroatoms. The highest BCUT2D eigenvalue weighted by Crippen LogP contribution is 2.48. The van der Waals surface area contributed by atoms with E-state index >= 15 is 0 Å². The van der Waals surface area contributed by atoms with Crippen LogP contribution in [0.25, 0.3) is 0 Å². The average Bonchev–Trinajstić information content (AvgIpc) is 3.02. The quantitative estimate of drug-likeness (QED) is 0.772. The first kappa shape index (κ1) is 10.3. The Kier molecular flexibility index (Phi) is 2.56. The summed E-state index contributed by atoms with van der Waals surface area (Å²) in [4.78, 5) is 0. The van der Waals surface area contributed by atoms with E-state index in [4.69, 9.17) is 16.9 Å². The number of nitrogens with one attached hydrogen (secondary N) is 1. The van der Waals surface area contributed by atoms with Gasteiger partial charge in [0.1, 0.15) is 11.6 Å². The molecule has 78 valence electrons. The highest BCUT2D eigenvalue weighted by Gasteiger charge is 2.50. The number of nitrogens with zero attached hydrogens (tertiary/aromatic N) is 1. The maximum Gasteiger partial charge on any atom is 0.143 e. The molecule has 0 spiro atoms. The van der Waals surface area contributed by atoms with Crippen LogP contribution in [-0.2, 0) is 0 Å². The molecular weight excluding hydrogens is 212 g/mol. The summed E-state index contributed by atoms with van der Waals surface area (Å²) < 4.78 is 0. The largest absolute Gasteiger partial charge is 0.372 e. The van der Waals surface area contributed by atoms with Gasteiger partial charge < -0.3 is 10.4 Å². The number of aliphatic hydroxyl groups excluding tert-OH is 1. The third-order valence-corrected chi connectivity index (χ3v) is 2.93. The lowest BCUT2D eigenvalue weighted by molar-refractivity contribution is 0.149. The zero-order valence-electron chi connectivity index (χ0n) is 8.07. The van der Waals surface area contributed by atoms with Crippen LogP contribution in [0.15, 0.2) is 24.3 Å². The van der Waals surface area contributed by atoms with Crippen LogP contribution in [0.5, 0.6) is 0 Å². The molecule has 1 aromatic rings. The van der Waals surface area contributed by atoms with Crippen LogP contribution in [0.4, 0.5) is 5.69 Å². The van der Waals surface area contributed by atoms with Crippen molar-refractivity contribution in [3.05, 3.63) is 29.3 Å². The molecule has 2 N–H and O–H groups in total. The smallest absolute Gasteiger partial charge is 0.143 e. The molecule has 1 saturated carbocycles. The summed E-state index contributed by atoms with van der Waals surface area (Å²) >= 11 is 5.74. The molecule has 1 aromatic carbocycles. The predicted molar refractivity (Wildman–Crippen MR) is 58.4 cm³/mol. The minimum absolute atomic E-state index is 0.584. The summed E-state index contributed by atoms with van der Waals surface area (Å²) in [6.07, 6.45) is 0.708. The van der Waals surface area contributed by atoms with Crippen molar-refractivity contribution >= 4 is 17.3 Å². The Hall–Kier alpha value is -1.24. The molecule has 1 unspecified atom stereocenters. The third kappa shape index (κ3) is 2.06. The summed E-state index contributed by atoms with van der Waals surface area (Å²) in [5.74, 6) is 0. The molecule has 15 heavy (non-hydrogen) atoms. The van der Waals surface area contributed by atoms with E-state index in [0.717, 1.165) is 18.5 Å². The highest BCUT2D eigenvalue weighted by atomic mass is 35.5. The van der Waals surface area contributed by atoms with Crippen molar-refractivity contribution in [1.29, 1.82) is 5.26 Å². The molecular formula is C11H11ClN2O. The van der Waals surface area contributed by atoms with Gasteiger partial charge in [0.25, 0.3) is 0 Å². The summed E-state index contributed by atoms with van der Waals surface area (Å²) in [7, 11) is 0. The van der Waals surface area contributed by atoms with E-state index in [1.165, 1.54) is 0 Å². The second kappa shape index (κ2) is 3.73. The topological polar surface area (TPSA) is 56.0 Å². The fourth-order valence-electron chi connectivity index (χ4n) is 1.42. The van der Waals surface area contributed by atoms with Gasteiger partial charge in [-0.2, -0.15) is 5.26 Å². The van der Waals surface area contributed by atoms with E-state index in [1.807, 2.05) is 0 Å². The van der Waals surface area contributed by atoms with E-state index in [1.54, 1.807) is 24.3 Å². The number of hydrogen-bond acceptors (Lipinski definition) is 3. The van der Waals surface area contributed by atoms with E-state index in [2.05, 4.69) is 11.4 Å². The normalized spacial score (nSPS) is 19.0. The Labute approximate surface area is 93.3 Å². The number of nitriles is 1. The first-order chi connectivity index (χ1) is 7.16. The molecule has 2 rings (SSSR count). The SMILES string of the molecule is N#CC1(C(O)Nc2ccc(Cl)cc2)CC1. The van der Waals surface area contributed by atoms with Crippen molar-refractivity contribution in [3.8, 4) is 6.07 Å². The number of halogens is 1. The lowest BCUT2D eigenvalue weighted by atomic mass is 10.1. The van der Waals surface area contributed by atoms with Gasteiger partial charge in [-0.3, -0.25) is 0 Å². The van der Waals surface area contributed by atoms with Crippen molar-refractivity contribution in [1.82, 2.24) is 0 Å². The number of anilines is 1. The molecule has 0 aromatic heterocycles. The van der Waals surface area contributed by atoms with E-state index in [9.17, 15) is 5.11 Å². The zero-order chi connectivity index (χ0) is 10.9. The molecule has 1 aliphatic rings. The summed E-state index contributed by atoms with van der Waals surface area (Å²) in [6, 6.07) is 9.18. The Morgan fingerprint density at radius 3 is 2.47 bits per heavy atom. The van der Waals surface area contributed by atoms with Crippen LogP contribution in [0.3, 0.4) is 0 Å². The van der Waals surface area contributed by atoms with Crippen molar-refractivity contribution < 1.29 is 5.11 Å². The maximum absolute atomic E-state index is 9.80. The molecule has 0 radical (unpaired) electrons. The lowest BCUT2D eigenvalue weighted by Gasteiger charge is -2.18. The second-order valence-corrected chi connectivity index (χ2v) is 4.26. The van der Waals surface area contributed by atoms with Gasteiger partial charge in [-0.1, -0.05) is 11.6 Å². The van der Waals surface area contributed by atoms with Crippen LogP contribution < -0.4 is 5.32 Å². The molecule has 0 bridgehead atoms. The standard InChI is InChI=1S/C11H11ClN2O/c12-8-1-3-9(4-2-8)14-10(15)11(7-13)5-6-11/h1-4,10,14-15H,5-6H2. The van der Waals surface area contributed by atoms with Gasteiger partial charge in [-0.05, 0) is 37.1 Å². The third-order valence-electron chi connectivity index (χ3n) is 2.68. The van der Waals surface area contributed by atoms with Crippen molar-refractivity contribution in [2.24, 2.45) is 5.41 Å². The Morgan fingerprint density at radius 2 is 2.00 bits per heavy atom. The van der Waals surface area contributed by atoms with Gasteiger partial charge in [0.2, 0.25) is 0 Å². The number of benzene rings is 1. The zero-order valence-corrected chi connectivity index (χ0v) is 8.83. The first-order valence-corrected chi connectivity index (χ1v) is 5.15.